The highest BCUT2D eigenvalue weighted by molar-refractivity contribution is 4.70. The minimum absolute atomic E-state index is 0.127. The van der Waals surface area contributed by atoms with Crippen molar-refractivity contribution in [3.8, 4) is 0 Å². The number of aliphatic hydroxyl groups excluding tert-OH is 5. The highest BCUT2D eigenvalue weighted by Crippen LogP contribution is 2.12. The first-order chi connectivity index (χ1) is 7.31. The third kappa shape index (κ3) is 9.06. The van der Waals surface area contributed by atoms with Crippen LogP contribution in [0.1, 0.15) is 39.5 Å². The van der Waals surface area contributed by atoms with Crippen LogP contribution in [-0.4, -0.2) is 56.1 Å². The minimum atomic E-state index is -0.817. The molecule has 0 spiro atoms. The van der Waals surface area contributed by atoms with Crippen LogP contribution in [0, 0.1) is 0 Å². The van der Waals surface area contributed by atoms with Crippen molar-refractivity contribution in [3.63, 3.8) is 0 Å². The quantitative estimate of drug-likeness (QED) is 0.387. The Morgan fingerprint density at radius 1 is 0.562 bits per heavy atom. The van der Waals surface area contributed by atoms with E-state index in [4.69, 9.17) is 10.2 Å². The van der Waals surface area contributed by atoms with Crippen molar-refractivity contribution in [1.29, 1.82) is 0 Å². The molecule has 0 aliphatic rings. The van der Waals surface area contributed by atoms with E-state index in [0.29, 0.717) is 0 Å². The Balaban J connectivity index is 3.75. The molecule has 0 saturated heterocycles. The summed E-state index contributed by atoms with van der Waals surface area (Å²) in [5.41, 5.74) is 0. The molecular weight excluding hydrogens is 212 g/mol. The number of aliphatic hydroxyl groups is 5. The Morgan fingerprint density at radius 2 is 0.812 bits per heavy atom. The molecule has 98 valence electrons. The van der Waals surface area contributed by atoms with Crippen molar-refractivity contribution >= 4 is 0 Å². The van der Waals surface area contributed by atoms with Crippen LogP contribution in [0.3, 0.4) is 0 Å². The summed E-state index contributed by atoms with van der Waals surface area (Å²) < 4.78 is 0. The standard InChI is InChI=1S/C11H24O5/c1-7(12)3-9(14)5-11(16)6-10(15)4-8(2)13/h7-16H,3-6H2,1-2H3/t7-,8+,9+,10-,11-. The maximum atomic E-state index is 9.53. The van der Waals surface area contributed by atoms with E-state index in [1.54, 1.807) is 13.8 Å². The largest absolute Gasteiger partial charge is 0.393 e. The van der Waals surface area contributed by atoms with E-state index >= 15 is 0 Å². The molecule has 0 heterocycles. The average molecular weight is 236 g/mol. The Kier molecular flexibility index (Phi) is 7.87. The van der Waals surface area contributed by atoms with Gasteiger partial charge in [-0.25, -0.2) is 0 Å². The van der Waals surface area contributed by atoms with Gasteiger partial charge in [-0.3, -0.25) is 0 Å². The lowest BCUT2D eigenvalue weighted by Crippen LogP contribution is -2.26. The summed E-state index contributed by atoms with van der Waals surface area (Å²) in [6.45, 7) is 3.13. The van der Waals surface area contributed by atoms with Crippen LogP contribution in [0.2, 0.25) is 0 Å². The SMILES string of the molecule is C[C@H](O)C[C@@H](O)C[C@H](O)C[C@@H](O)C[C@@H](C)O. The summed E-state index contributed by atoms with van der Waals surface area (Å²) in [7, 11) is 0. The van der Waals surface area contributed by atoms with Crippen molar-refractivity contribution in [2.75, 3.05) is 0 Å². The second kappa shape index (κ2) is 7.97. The molecule has 0 unspecified atom stereocenters. The summed E-state index contributed by atoms with van der Waals surface area (Å²) >= 11 is 0. The molecule has 5 nitrogen and oxygen atoms in total. The Labute approximate surface area is 96.4 Å². The van der Waals surface area contributed by atoms with E-state index in [1.807, 2.05) is 0 Å². The first-order valence-electron chi connectivity index (χ1n) is 5.71. The third-order valence-corrected chi connectivity index (χ3v) is 2.31. The van der Waals surface area contributed by atoms with E-state index in [9.17, 15) is 15.3 Å². The van der Waals surface area contributed by atoms with Gasteiger partial charge in [0.05, 0.1) is 30.5 Å². The van der Waals surface area contributed by atoms with Gasteiger partial charge in [0.1, 0.15) is 0 Å². The van der Waals surface area contributed by atoms with Crippen LogP contribution in [0.15, 0.2) is 0 Å². The molecule has 0 rings (SSSR count). The van der Waals surface area contributed by atoms with Gasteiger partial charge in [-0.1, -0.05) is 0 Å². The van der Waals surface area contributed by atoms with Gasteiger partial charge in [-0.15, -0.1) is 0 Å². The number of hydrogen-bond acceptors (Lipinski definition) is 5. The molecule has 0 aromatic rings. The zero-order valence-electron chi connectivity index (χ0n) is 9.95. The molecule has 0 saturated carbocycles. The summed E-state index contributed by atoms with van der Waals surface area (Å²) in [5.74, 6) is 0. The van der Waals surface area contributed by atoms with E-state index in [1.165, 1.54) is 0 Å². The molecule has 0 radical (unpaired) electrons. The topological polar surface area (TPSA) is 101 Å². The Morgan fingerprint density at radius 3 is 1.06 bits per heavy atom. The fraction of sp³-hybridized carbons (Fsp3) is 1.00. The molecule has 5 heteroatoms. The van der Waals surface area contributed by atoms with Crippen LogP contribution in [0.4, 0.5) is 0 Å². The minimum Gasteiger partial charge on any atom is -0.393 e. The lowest BCUT2D eigenvalue weighted by Gasteiger charge is -2.20. The fourth-order valence-corrected chi connectivity index (χ4v) is 1.70. The van der Waals surface area contributed by atoms with Crippen LogP contribution >= 0.6 is 0 Å². The monoisotopic (exact) mass is 236 g/mol. The second-order valence-electron chi connectivity index (χ2n) is 4.60. The molecule has 0 bridgehead atoms. The van der Waals surface area contributed by atoms with Crippen molar-refractivity contribution in [1.82, 2.24) is 0 Å². The molecule has 0 aromatic carbocycles. The van der Waals surface area contributed by atoms with E-state index in [-0.39, 0.29) is 25.7 Å². The van der Waals surface area contributed by atoms with Crippen molar-refractivity contribution in [2.24, 2.45) is 0 Å². The lowest BCUT2D eigenvalue weighted by molar-refractivity contribution is 0.0108. The molecule has 0 amide bonds. The fourth-order valence-electron chi connectivity index (χ4n) is 1.70. The van der Waals surface area contributed by atoms with Crippen LogP contribution < -0.4 is 0 Å². The maximum absolute atomic E-state index is 9.53. The predicted octanol–water partition coefficient (Wildman–Crippen LogP) is -0.609. The van der Waals surface area contributed by atoms with Gasteiger partial charge in [0.25, 0.3) is 0 Å². The Bertz CT molecular complexity index is 154. The molecule has 0 aliphatic carbocycles. The molecule has 16 heavy (non-hydrogen) atoms. The lowest BCUT2D eigenvalue weighted by atomic mass is 10.00. The number of hydrogen-bond donors (Lipinski definition) is 5. The van der Waals surface area contributed by atoms with Crippen LogP contribution in [0.25, 0.3) is 0 Å². The van der Waals surface area contributed by atoms with E-state index in [0.717, 1.165) is 0 Å². The zero-order valence-corrected chi connectivity index (χ0v) is 9.95. The predicted molar refractivity (Wildman–Crippen MR) is 59.9 cm³/mol. The normalized spacial score (nSPS) is 21.2. The third-order valence-electron chi connectivity index (χ3n) is 2.31. The summed E-state index contributed by atoms with van der Waals surface area (Å²) in [4.78, 5) is 0. The maximum Gasteiger partial charge on any atom is 0.0589 e. The number of rotatable bonds is 8. The van der Waals surface area contributed by atoms with Crippen molar-refractivity contribution in [2.45, 2.75) is 70.1 Å². The van der Waals surface area contributed by atoms with Crippen LogP contribution in [-0.2, 0) is 0 Å². The van der Waals surface area contributed by atoms with Gasteiger partial charge in [-0.05, 0) is 39.5 Å². The smallest absolute Gasteiger partial charge is 0.0589 e. The molecular formula is C11H24O5. The Hall–Kier alpha value is -0.200. The summed E-state index contributed by atoms with van der Waals surface area (Å²) in [5, 5.41) is 46.4. The summed E-state index contributed by atoms with van der Waals surface area (Å²) in [6, 6.07) is 0. The van der Waals surface area contributed by atoms with Crippen LogP contribution in [0.5, 0.6) is 0 Å². The molecule has 0 aromatic heterocycles. The van der Waals surface area contributed by atoms with Crippen molar-refractivity contribution < 1.29 is 25.5 Å². The summed E-state index contributed by atoms with van der Waals surface area (Å²) in [6.07, 6.45) is -2.89. The first-order valence-corrected chi connectivity index (χ1v) is 5.71. The van der Waals surface area contributed by atoms with Crippen molar-refractivity contribution in [3.05, 3.63) is 0 Å². The molecule has 0 fully saturated rings. The molecule has 5 N–H and O–H groups in total. The highest BCUT2D eigenvalue weighted by atomic mass is 16.3. The first kappa shape index (κ1) is 15.8. The van der Waals surface area contributed by atoms with Gasteiger partial charge >= 0.3 is 0 Å². The molecule has 0 aliphatic heterocycles. The van der Waals surface area contributed by atoms with Gasteiger partial charge in [-0.2, -0.15) is 0 Å². The van der Waals surface area contributed by atoms with E-state index < -0.39 is 30.5 Å². The zero-order chi connectivity index (χ0) is 12.7. The van der Waals surface area contributed by atoms with Gasteiger partial charge in [0.2, 0.25) is 0 Å². The van der Waals surface area contributed by atoms with Gasteiger partial charge in [0.15, 0.2) is 0 Å². The second-order valence-corrected chi connectivity index (χ2v) is 4.60. The van der Waals surface area contributed by atoms with Gasteiger partial charge < -0.3 is 25.5 Å². The highest BCUT2D eigenvalue weighted by Gasteiger charge is 2.18. The molecule has 5 atom stereocenters. The average Bonchev–Trinajstić information content (AvgIpc) is 1.97. The van der Waals surface area contributed by atoms with Gasteiger partial charge in [0, 0.05) is 0 Å². The van der Waals surface area contributed by atoms with E-state index in [2.05, 4.69) is 0 Å².